The monoisotopic (exact) mass is 316 g/mol. The van der Waals surface area contributed by atoms with Gasteiger partial charge in [-0.1, -0.05) is 0 Å². The number of hydrogen-bond acceptors (Lipinski definition) is 5. The van der Waals surface area contributed by atoms with E-state index in [1.807, 2.05) is 13.8 Å². The Morgan fingerprint density at radius 1 is 1.35 bits per heavy atom. The Kier molecular flexibility index (Phi) is 4.18. The molecule has 1 N–H and O–H groups in total. The van der Waals surface area contributed by atoms with E-state index in [1.165, 1.54) is 12.1 Å². The van der Waals surface area contributed by atoms with Gasteiger partial charge in [-0.05, 0) is 32.4 Å². The minimum Gasteiger partial charge on any atom is -0.490 e. The summed E-state index contributed by atoms with van der Waals surface area (Å²) in [7, 11) is 0. The second kappa shape index (κ2) is 6.28. The second-order valence-corrected chi connectivity index (χ2v) is 5.63. The maximum atomic E-state index is 12.8. The van der Waals surface area contributed by atoms with Crippen molar-refractivity contribution in [3.8, 4) is 5.75 Å². The molecule has 1 aliphatic rings. The number of carbonyl (C=O) groups excluding carboxylic acids is 1. The molecule has 2 aromatic rings. The minimum absolute atomic E-state index is 0.103. The average Bonchev–Trinajstić information content (AvgIpc) is 3.28. The third-order valence-electron chi connectivity index (χ3n) is 3.75. The lowest BCUT2D eigenvalue weighted by Crippen LogP contribution is -2.17. The van der Waals surface area contributed by atoms with Crippen LogP contribution in [0.2, 0.25) is 0 Å². The van der Waals surface area contributed by atoms with E-state index in [4.69, 9.17) is 4.74 Å². The van der Waals surface area contributed by atoms with E-state index in [0.717, 1.165) is 18.3 Å². The smallest absolute Gasteiger partial charge is 0.229 e. The fraction of sp³-hybridized carbons (Fsp3) is 0.375. The Balaban J connectivity index is 1.49. The van der Waals surface area contributed by atoms with Crippen LogP contribution < -0.4 is 10.1 Å². The lowest BCUT2D eigenvalue weighted by Gasteiger charge is -2.08. The molecule has 23 heavy (non-hydrogen) atoms. The van der Waals surface area contributed by atoms with Crippen LogP contribution in [0.15, 0.2) is 24.5 Å². The normalized spacial score (nSPS) is 19.3. The van der Waals surface area contributed by atoms with E-state index >= 15 is 0 Å². The first-order valence-corrected chi connectivity index (χ1v) is 7.38. The molecule has 1 amide bonds. The highest BCUT2D eigenvalue weighted by atomic mass is 19.1. The number of rotatable bonds is 5. The molecule has 2 aromatic heterocycles. The van der Waals surface area contributed by atoms with E-state index in [2.05, 4.69) is 20.3 Å². The van der Waals surface area contributed by atoms with Crippen LogP contribution in [-0.2, 0) is 4.79 Å². The number of nitrogens with one attached hydrogen (secondary N) is 1. The fourth-order valence-electron chi connectivity index (χ4n) is 2.33. The van der Waals surface area contributed by atoms with Crippen LogP contribution in [0.5, 0.6) is 5.75 Å². The summed E-state index contributed by atoms with van der Waals surface area (Å²) in [6.07, 6.45) is 3.49. The van der Waals surface area contributed by atoms with Gasteiger partial charge in [0, 0.05) is 11.8 Å². The van der Waals surface area contributed by atoms with Gasteiger partial charge < -0.3 is 10.1 Å². The Hall–Kier alpha value is -2.57. The first kappa shape index (κ1) is 15.3. The Bertz CT molecular complexity index is 721. The molecule has 1 aliphatic carbocycles. The molecule has 6 nitrogen and oxygen atoms in total. The number of nitrogens with zero attached hydrogens (tertiary/aromatic N) is 3. The van der Waals surface area contributed by atoms with Crippen molar-refractivity contribution in [2.75, 3.05) is 11.9 Å². The molecule has 0 radical (unpaired) electrons. The number of carbonyl (C=O) groups is 1. The van der Waals surface area contributed by atoms with Crippen molar-refractivity contribution >= 4 is 11.7 Å². The number of halogens is 1. The van der Waals surface area contributed by atoms with Crippen molar-refractivity contribution in [3.63, 3.8) is 0 Å². The summed E-state index contributed by atoms with van der Waals surface area (Å²) in [6, 6.07) is 2.70. The highest BCUT2D eigenvalue weighted by Gasteiger charge is 2.43. The van der Waals surface area contributed by atoms with E-state index < -0.39 is 5.82 Å². The molecule has 7 heteroatoms. The van der Waals surface area contributed by atoms with Gasteiger partial charge in [0.2, 0.25) is 5.91 Å². The van der Waals surface area contributed by atoms with Gasteiger partial charge >= 0.3 is 0 Å². The predicted octanol–water partition coefficient (Wildman–Crippen LogP) is 2.28. The zero-order valence-corrected chi connectivity index (χ0v) is 12.9. The number of amides is 1. The average molecular weight is 316 g/mol. The molecule has 2 heterocycles. The lowest BCUT2D eigenvalue weighted by atomic mass is 10.3. The van der Waals surface area contributed by atoms with Crippen LogP contribution in [0.1, 0.15) is 17.9 Å². The van der Waals surface area contributed by atoms with Gasteiger partial charge in [-0.15, -0.1) is 0 Å². The molecule has 1 fully saturated rings. The van der Waals surface area contributed by atoms with Gasteiger partial charge in [-0.2, -0.15) is 0 Å². The van der Waals surface area contributed by atoms with Crippen molar-refractivity contribution in [2.45, 2.75) is 20.3 Å². The molecular weight excluding hydrogens is 299 g/mol. The standard InChI is InChI=1S/C16H17FN4O2/c1-9-14(7-18-10(2)20-9)23-8-11-5-13(11)16(22)21-15-4-3-12(17)6-19-15/h3-4,6-7,11,13H,5,8H2,1-2H3,(H,19,21,22)/t11?,13-/m1/s1. The zero-order valence-electron chi connectivity index (χ0n) is 12.9. The van der Waals surface area contributed by atoms with Crippen LogP contribution >= 0.6 is 0 Å². The summed E-state index contributed by atoms with van der Waals surface area (Å²) in [5.41, 5.74) is 0.787. The molecule has 120 valence electrons. The highest BCUT2D eigenvalue weighted by Crippen LogP contribution is 2.39. The molecule has 0 spiro atoms. The largest absolute Gasteiger partial charge is 0.490 e. The summed E-state index contributed by atoms with van der Waals surface area (Å²) >= 11 is 0. The quantitative estimate of drug-likeness (QED) is 0.915. The van der Waals surface area contributed by atoms with Gasteiger partial charge in [-0.25, -0.2) is 19.3 Å². The number of ether oxygens (including phenoxy) is 1. The minimum atomic E-state index is -0.434. The Morgan fingerprint density at radius 2 is 2.17 bits per heavy atom. The summed E-state index contributed by atoms with van der Waals surface area (Å²) in [6.45, 7) is 4.13. The van der Waals surface area contributed by atoms with Crippen LogP contribution in [0.4, 0.5) is 10.2 Å². The van der Waals surface area contributed by atoms with E-state index in [0.29, 0.717) is 24.0 Å². The lowest BCUT2D eigenvalue weighted by molar-refractivity contribution is -0.117. The molecule has 0 saturated heterocycles. The number of aromatic nitrogens is 3. The summed E-state index contributed by atoms with van der Waals surface area (Å²) in [4.78, 5) is 24.2. The molecule has 0 aliphatic heterocycles. The summed E-state index contributed by atoms with van der Waals surface area (Å²) in [5, 5.41) is 2.68. The topological polar surface area (TPSA) is 77.0 Å². The van der Waals surface area contributed by atoms with Crippen molar-refractivity contribution in [1.82, 2.24) is 15.0 Å². The molecule has 1 unspecified atom stereocenters. The maximum Gasteiger partial charge on any atom is 0.229 e. The summed E-state index contributed by atoms with van der Waals surface area (Å²) in [5.74, 6) is 1.20. The predicted molar refractivity (Wildman–Crippen MR) is 81.4 cm³/mol. The number of aryl methyl sites for hydroxylation is 2. The van der Waals surface area contributed by atoms with Gasteiger partial charge in [0.05, 0.1) is 24.7 Å². The first-order chi connectivity index (χ1) is 11.0. The van der Waals surface area contributed by atoms with Crippen LogP contribution in [0.25, 0.3) is 0 Å². The van der Waals surface area contributed by atoms with Crippen LogP contribution in [-0.4, -0.2) is 27.5 Å². The highest BCUT2D eigenvalue weighted by molar-refractivity contribution is 5.93. The van der Waals surface area contributed by atoms with Crippen LogP contribution in [0, 0.1) is 31.5 Å². The van der Waals surface area contributed by atoms with Gasteiger partial charge in [0.1, 0.15) is 17.5 Å². The van der Waals surface area contributed by atoms with Crippen molar-refractivity contribution in [1.29, 1.82) is 0 Å². The van der Waals surface area contributed by atoms with Gasteiger partial charge in [0.25, 0.3) is 0 Å². The van der Waals surface area contributed by atoms with E-state index in [9.17, 15) is 9.18 Å². The van der Waals surface area contributed by atoms with E-state index in [-0.39, 0.29) is 17.7 Å². The van der Waals surface area contributed by atoms with Gasteiger partial charge in [0.15, 0.2) is 5.75 Å². The van der Waals surface area contributed by atoms with Crippen molar-refractivity contribution < 1.29 is 13.9 Å². The molecule has 0 aromatic carbocycles. The molecule has 0 bridgehead atoms. The Morgan fingerprint density at radius 3 is 2.87 bits per heavy atom. The number of pyridine rings is 1. The third-order valence-corrected chi connectivity index (χ3v) is 3.75. The van der Waals surface area contributed by atoms with Crippen LogP contribution in [0.3, 0.4) is 0 Å². The second-order valence-electron chi connectivity index (χ2n) is 5.63. The van der Waals surface area contributed by atoms with E-state index in [1.54, 1.807) is 6.20 Å². The number of hydrogen-bond donors (Lipinski definition) is 1. The first-order valence-electron chi connectivity index (χ1n) is 7.38. The molecule has 3 rings (SSSR count). The maximum absolute atomic E-state index is 12.8. The van der Waals surface area contributed by atoms with Crippen molar-refractivity contribution in [3.05, 3.63) is 41.9 Å². The zero-order chi connectivity index (χ0) is 16.4. The third kappa shape index (κ3) is 3.80. The Labute approximate surface area is 133 Å². The summed E-state index contributed by atoms with van der Waals surface area (Å²) < 4.78 is 18.5. The fourth-order valence-corrected chi connectivity index (χ4v) is 2.33. The SMILES string of the molecule is Cc1ncc(OCC2C[C@H]2C(=O)Nc2ccc(F)cn2)c(C)n1. The van der Waals surface area contributed by atoms with Crippen molar-refractivity contribution in [2.24, 2.45) is 11.8 Å². The molecule has 2 atom stereocenters. The molecule has 1 saturated carbocycles. The number of anilines is 1. The molecular formula is C16H17FN4O2. The van der Waals surface area contributed by atoms with Gasteiger partial charge in [-0.3, -0.25) is 4.79 Å².